The van der Waals surface area contributed by atoms with Crippen molar-refractivity contribution in [2.24, 2.45) is 17.8 Å². The lowest BCUT2D eigenvalue weighted by Gasteiger charge is -2.16. The first-order valence-corrected chi connectivity index (χ1v) is 4.53. The van der Waals surface area contributed by atoms with Crippen molar-refractivity contribution in [3.63, 3.8) is 0 Å². The van der Waals surface area contributed by atoms with Gasteiger partial charge in [-0.1, -0.05) is 27.2 Å². The summed E-state index contributed by atoms with van der Waals surface area (Å²) in [6.07, 6.45) is 6.67. The summed E-state index contributed by atoms with van der Waals surface area (Å²) in [5.41, 5.74) is 0. The summed E-state index contributed by atoms with van der Waals surface area (Å²) >= 11 is 0. The Morgan fingerprint density at radius 1 is 1.20 bits per heavy atom. The summed E-state index contributed by atoms with van der Waals surface area (Å²) in [7, 11) is 0. The molecule has 1 radical (unpaired) electrons. The standard InChI is InChI=1S/C10H19/c1-8-5-4-6-9(2)10(3)7-8/h6,8-10H,4-5,7H2,1-3H3. The maximum atomic E-state index is 2.49. The van der Waals surface area contributed by atoms with Crippen molar-refractivity contribution in [1.82, 2.24) is 0 Å². The Hall–Kier alpha value is 0. The van der Waals surface area contributed by atoms with Crippen LogP contribution < -0.4 is 0 Å². The van der Waals surface area contributed by atoms with Crippen LogP contribution >= 0.6 is 0 Å². The Morgan fingerprint density at radius 2 is 1.90 bits per heavy atom. The second-order valence-electron chi connectivity index (χ2n) is 3.99. The summed E-state index contributed by atoms with van der Waals surface area (Å²) in [6.45, 7) is 7.11. The SMILES string of the molecule is CC1CC[CH]C(C)C(C)C1. The Kier molecular flexibility index (Phi) is 2.76. The lowest BCUT2D eigenvalue weighted by atomic mass is 9.89. The zero-order valence-electron chi connectivity index (χ0n) is 7.43. The van der Waals surface area contributed by atoms with Gasteiger partial charge in [-0.15, -0.1) is 0 Å². The van der Waals surface area contributed by atoms with Gasteiger partial charge in [0.15, 0.2) is 0 Å². The van der Waals surface area contributed by atoms with Crippen LogP contribution in [0.3, 0.4) is 0 Å². The van der Waals surface area contributed by atoms with E-state index in [0.29, 0.717) is 0 Å². The summed E-state index contributed by atoms with van der Waals surface area (Å²) in [5, 5.41) is 0. The van der Waals surface area contributed by atoms with Crippen LogP contribution in [0.4, 0.5) is 0 Å². The van der Waals surface area contributed by atoms with E-state index in [1.165, 1.54) is 19.3 Å². The minimum atomic E-state index is 0.852. The van der Waals surface area contributed by atoms with Crippen LogP contribution in [-0.2, 0) is 0 Å². The number of hydrogen-bond donors (Lipinski definition) is 0. The molecule has 0 heteroatoms. The minimum Gasteiger partial charge on any atom is -0.0625 e. The van der Waals surface area contributed by atoms with E-state index in [2.05, 4.69) is 27.2 Å². The minimum absolute atomic E-state index is 0.852. The fraction of sp³-hybridized carbons (Fsp3) is 0.900. The van der Waals surface area contributed by atoms with Gasteiger partial charge in [-0.2, -0.15) is 0 Å². The van der Waals surface area contributed by atoms with E-state index in [4.69, 9.17) is 0 Å². The van der Waals surface area contributed by atoms with E-state index < -0.39 is 0 Å². The third-order valence-corrected chi connectivity index (χ3v) is 2.87. The van der Waals surface area contributed by atoms with Gasteiger partial charge in [0.05, 0.1) is 0 Å². The molecule has 0 aromatic heterocycles. The third kappa shape index (κ3) is 2.00. The molecule has 10 heavy (non-hydrogen) atoms. The first kappa shape index (κ1) is 8.10. The molecule has 0 aromatic carbocycles. The first-order chi connectivity index (χ1) is 4.70. The van der Waals surface area contributed by atoms with Gasteiger partial charge in [0.2, 0.25) is 0 Å². The van der Waals surface area contributed by atoms with Gasteiger partial charge in [0.1, 0.15) is 0 Å². The molecule has 0 N–H and O–H groups in total. The molecular weight excluding hydrogens is 120 g/mol. The molecule has 0 spiro atoms. The van der Waals surface area contributed by atoms with Crippen LogP contribution in [0.5, 0.6) is 0 Å². The van der Waals surface area contributed by atoms with Gasteiger partial charge in [0, 0.05) is 0 Å². The lowest BCUT2D eigenvalue weighted by Crippen LogP contribution is -2.07. The normalized spacial score (nSPS) is 42.9. The van der Waals surface area contributed by atoms with E-state index in [1.807, 2.05) is 0 Å². The number of rotatable bonds is 0. The third-order valence-electron chi connectivity index (χ3n) is 2.87. The van der Waals surface area contributed by atoms with Crippen molar-refractivity contribution in [2.45, 2.75) is 40.0 Å². The largest absolute Gasteiger partial charge is 0.0625 e. The van der Waals surface area contributed by atoms with Crippen molar-refractivity contribution >= 4 is 0 Å². The molecule has 3 unspecified atom stereocenters. The van der Waals surface area contributed by atoms with Gasteiger partial charge in [-0.05, 0) is 37.0 Å². The van der Waals surface area contributed by atoms with Gasteiger partial charge in [-0.25, -0.2) is 0 Å². The highest BCUT2D eigenvalue weighted by molar-refractivity contribution is 4.82. The highest BCUT2D eigenvalue weighted by Gasteiger charge is 2.19. The summed E-state index contributed by atoms with van der Waals surface area (Å²) in [5.74, 6) is 2.72. The smallest absolute Gasteiger partial charge is 0.0355 e. The zero-order chi connectivity index (χ0) is 7.56. The van der Waals surface area contributed by atoms with Crippen LogP contribution in [0.15, 0.2) is 0 Å². The molecule has 0 amide bonds. The summed E-state index contributed by atoms with van der Waals surface area (Å²) < 4.78 is 0. The Bertz CT molecular complexity index is 96.2. The van der Waals surface area contributed by atoms with Crippen molar-refractivity contribution in [3.8, 4) is 0 Å². The molecule has 3 atom stereocenters. The molecule has 1 aliphatic rings. The van der Waals surface area contributed by atoms with E-state index in [0.717, 1.165) is 17.8 Å². The Labute approximate surface area is 65.0 Å². The molecule has 0 aliphatic heterocycles. The number of hydrogen-bond acceptors (Lipinski definition) is 0. The zero-order valence-corrected chi connectivity index (χ0v) is 7.43. The molecule has 0 aromatic rings. The van der Waals surface area contributed by atoms with Gasteiger partial charge in [-0.3, -0.25) is 0 Å². The molecule has 1 fully saturated rings. The Balaban J connectivity index is 2.41. The molecular formula is C10H19. The van der Waals surface area contributed by atoms with E-state index in [9.17, 15) is 0 Å². The van der Waals surface area contributed by atoms with E-state index in [-0.39, 0.29) is 0 Å². The molecule has 0 saturated heterocycles. The second kappa shape index (κ2) is 3.41. The van der Waals surface area contributed by atoms with E-state index in [1.54, 1.807) is 0 Å². The maximum absolute atomic E-state index is 2.49. The van der Waals surface area contributed by atoms with Gasteiger partial charge >= 0.3 is 0 Å². The molecule has 0 bridgehead atoms. The summed E-state index contributed by atoms with van der Waals surface area (Å²) in [6, 6.07) is 0. The predicted molar refractivity (Wildman–Crippen MR) is 45.6 cm³/mol. The molecule has 59 valence electrons. The lowest BCUT2D eigenvalue weighted by molar-refractivity contribution is 0.367. The highest BCUT2D eigenvalue weighted by Crippen LogP contribution is 2.30. The monoisotopic (exact) mass is 139 g/mol. The van der Waals surface area contributed by atoms with Crippen LogP contribution in [-0.4, -0.2) is 0 Å². The predicted octanol–water partition coefficient (Wildman–Crippen LogP) is 3.28. The van der Waals surface area contributed by atoms with Crippen LogP contribution in [0.25, 0.3) is 0 Å². The van der Waals surface area contributed by atoms with Crippen LogP contribution in [0.2, 0.25) is 0 Å². The molecule has 1 saturated carbocycles. The average Bonchev–Trinajstić information content (AvgIpc) is 1.96. The molecule has 1 rings (SSSR count). The molecule has 0 nitrogen and oxygen atoms in total. The van der Waals surface area contributed by atoms with Crippen LogP contribution in [0, 0.1) is 24.2 Å². The van der Waals surface area contributed by atoms with Gasteiger partial charge < -0.3 is 0 Å². The average molecular weight is 139 g/mol. The molecule has 1 aliphatic carbocycles. The summed E-state index contributed by atoms with van der Waals surface area (Å²) in [4.78, 5) is 0. The Morgan fingerprint density at radius 3 is 2.60 bits per heavy atom. The fourth-order valence-electron chi connectivity index (χ4n) is 1.84. The topological polar surface area (TPSA) is 0 Å². The highest BCUT2D eigenvalue weighted by atomic mass is 14.2. The van der Waals surface area contributed by atoms with Gasteiger partial charge in [0.25, 0.3) is 0 Å². The van der Waals surface area contributed by atoms with Crippen molar-refractivity contribution < 1.29 is 0 Å². The molecule has 0 heterocycles. The second-order valence-corrected chi connectivity index (χ2v) is 3.99. The first-order valence-electron chi connectivity index (χ1n) is 4.53. The van der Waals surface area contributed by atoms with Crippen molar-refractivity contribution in [1.29, 1.82) is 0 Å². The van der Waals surface area contributed by atoms with Crippen LogP contribution in [0.1, 0.15) is 40.0 Å². The van der Waals surface area contributed by atoms with Crippen molar-refractivity contribution in [2.75, 3.05) is 0 Å². The maximum Gasteiger partial charge on any atom is -0.0355 e. The van der Waals surface area contributed by atoms with E-state index >= 15 is 0 Å². The van der Waals surface area contributed by atoms with Crippen molar-refractivity contribution in [3.05, 3.63) is 6.42 Å². The fourth-order valence-corrected chi connectivity index (χ4v) is 1.84. The quantitative estimate of drug-likeness (QED) is 0.452.